The molecule has 1 saturated carbocycles. The molecule has 0 radical (unpaired) electrons. The number of aliphatic hydroxyl groups is 2. The van der Waals surface area contributed by atoms with Gasteiger partial charge < -0.3 is 24.4 Å². The fraction of sp³-hybridized carbons (Fsp3) is 0.917. The Bertz CT molecular complexity index is 624. The lowest BCUT2D eigenvalue weighted by Gasteiger charge is -2.37. The maximum atomic E-state index is 13.2. The summed E-state index contributed by atoms with van der Waals surface area (Å²) >= 11 is 0. The van der Waals surface area contributed by atoms with E-state index in [0.29, 0.717) is 18.8 Å². The Balaban J connectivity index is 2.36. The van der Waals surface area contributed by atoms with Crippen molar-refractivity contribution >= 4 is 12.1 Å². The fourth-order valence-electron chi connectivity index (χ4n) is 5.10. The highest BCUT2D eigenvalue weighted by molar-refractivity contribution is 5.73. The number of carbonyl (C=O) groups is 2. The van der Waals surface area contributed by atoms with Crippen LogP contribution in [0.5, 0.6) is 0 Å². The zero-order valence-corrected chi connectivity index (χ0v) is 20.6. The van der Waals surface area contributed by atoms with Gasteiger partial charge in [0.15, 0.2) is 0 Å². The van der Waals surface area contributed by atoms with Crippen molar-refractivity contribution in [2.45, 2.75) is 116 Å². The number of aliphatic hydroxyl groups excluding tert-OH is 2. The lowest BCUT2D eigenvalue weighted by Crippen LogP contribution is -2.52. The second-order valence-electron chi connectivity index (χ2n) is 10.7. The van der Waals surface area contributed by atoms with Gasteiger partial charge in [0.25, 0.3) is 0 Å². The third kappa shape index (κ3) is 6.81. The quantitative estimate of drug-likeness (QED) is 0.536. The smallest absolute Gasteiger partial charge is 0.412 e. The molecule has 0 aromatic heterocycles. The predicted molar refractivity (Wildman–Crippen MR) is 120 cm³/mol. The SMILES string of the molecule is COC(=O)[C@H](CCCO)[C@@H](O)[C@@H]1OC(C)(C)N(C(=O)OC(C)(C)C)[C@H]1CC1CCCCC1. The Morgan fingerprint density at radius 2 is 1.81 bits per heavy atom. The fourth-order valence-corrected chi connectivity index (χ4v) is 5.10. The van der Waals surface area contributed by atoms with Gasteiger partial charge in [0.2, 0.25) is 0 Å². The van der Waals surface area contributed by atoms with E-state index in [-0.39, 0.29) is 13.0 Å². The summed E-state index contributed by atoms with van der Waals surface area (Å²) in [5.41, 5.74) is -1.68. The molecular formula is C24H43NO7. The first-order chi connectivity index (χ1) is 14.9. The number of amides is 1. The zero-order chi connectivity index (χ0) is 24.1. The number of carbonyl (C=O) groups excluding carboxylic acids is 2. The van der Waals surface area contributed by atoms with Crippen molar-refractivity contribution in [3.05, 3.63) is 0 Å². The number of ether oxygens (including phenoxy) is 3. The Labute approximate surface area is 192 Å². The summed E-state index contributed by atoms with van der Waals surface area (Å²) in [4.78, 5) is 27.3. The number of hydrogen-bond donors (Lipinski definition) is 2. The van der Waals surface area contributed by atoms with Crippen molar-refractivity contribution in [3.8, 4) is 0 Å². The summed E-state index contributed by atoms with van der Waals surface area (Å²) in [5, 5.41) is 20.6. The lowest BCUT2D eigenvalue weighted by molar-refractivity contribution is -0.158. The van der Waals surface area contributed by atoms with E-state index in [9.17, 15) is 19.8 Å². The van der Waals surface area contributed by atoms with Crippen LogP contribution < -0.4 is 0 Å². The van der Waals surface area contributed by atoms with Gasteiger partial charge in [0.05, 0.1) is 25.2 Å². The Morgan fingerprint density at radius 1 is 1.19 bits per heavy atom. The van der Waals surface area contributed by atoms with E-state index in [0.717, 1.165) is 25.7 Å². The second kappa shape index (κ2) is 11.2. The summed E-state index contributed by atoms with van der Waals surface area (Å²) in [6.07, 6.45) is 4.57. The third-order valence-corrected chi connectivity index (χ3v) is 6.53. The minimum Gasteiger partial charge on any atom is -0.469 e. The zero-order valence-electron chi connectivity index (χ0n) is 20.6. The monoisotopic (exact) mass is 457 g/mol. The van der Waals surface area contributed by atoms with Crippen LogP contribution in [0, 0.1) is 11.8 Å². The summed E-state index contributed by atoms with van der Waals surface area (Å²) in [6.45, 7) is 8.95. The molecule has 0 aromatic carbocycles. The first-order valence-corrected chi connectivity index (χ1v) is 12.0. The molecule has 2 fully saturated rings. The van der Waals surface area contributed by atoms with Crippen LogP contribution in [0.15, 0.2) is 0 Å². The van der Waals surface area contributed by atoms with Crippen LogP contribution >= 0.6 is 0 Å². The van der Waals surface area contributed by atoms with Crippen LogP contribution in [-0.4, -0.2) is 70.5 Å². The van der Waals surface area contributed by atoms with E-state index in [1.807, 2.05) is 20.8 Å². The number of rotatable bonds is 8. The molecule has 1 aliphatic heterocycles. The van der Waals surface area contributed by atoms with E-state index in [2.05, 4.69) is 0 Å². The average Bonchev–Trinajstić information content (AvgIpc) is 2.97. The van der Waals surface area contributed by atoms with Crippen LogP contribution in [0.4, 0.5) is 4.79 Å². The van der Waals surface area contributed by atoms with Crippen molar-refractivity contribution in [3.63, 3.8) is 0 Å². The maximum Gasteiger partial charge on any atom is 0.412 e. The van der Waals surface area contributed by atoms with Gasteiger partial charge in [-0.15, -0.1) is 0 Å². The normalized spacial score (nSPS) is 25.9. The Kier molecular flexibility index (Phi) is 9.37. The topological polar surface area (TPSA) is 106 Å². The van der Waals surface area contributed by atoms with Gasteiger partial charge in [-0.1, -0.05) is 32.1 Å². The molecule has 1 amide bonds. The lowest BCUT2D eigenvalue weighted by atomic mass is 9.81. The van der Waals surface area contributed by atoms with Crippen LogP contribution in [0.2, 0.25) is 0 Å². The summed E-state index contributed by atoms with van der Waals surface area (Å²) < 4.78 is 16.9. The highest BCUT2D eigenvalue weighted by Gasteiger charge is 2.55. The van der Waals surface area contributed by atoms with Gasteiger partial charge in [0, 0.05) is 6.61 Å². The molecule has 0 spiro atoms. The molecule has 1 heterocycles. The van der Waals surface area contributed by atoms with E-state index in [1.165, 1.54) is 13.5 Å². The summed E-state index contributed by atoms with van der Waals surface area (Å²) in [6, 6.07) is -0.431. The average molecular weight is 458 g/mol. The molecule has 186 valence electrons. The standard InChI is InChI=1S/C24H43NO7/c1-23(2,3)32-22(29)25-18(15-16-11-8-7-9-12-16)20(31-24(25,4)5)19(27)17(13-10-14-26)21(28)30-6/h16-20,26-27H,7-15H2,1-6H3/t17-,18+,19-,20-/m1/s1. The van der Waals surface area contributed by atoms with Crippen LogP contribution in [-0.2, 0) is 19.0 Å². The molecule has 8 nitrogen and oxygen atoms in total. The minimum atomic E-state index is -1.17. The van der Waals surface area contributed by atoms with E-state index < -0.39 is 47.6 Å². The molecule has 1 saturated heterocycles. The highest BCUT2D eigenvalue weighted by atomic mass is 16.6. The van der Waals surface area contributed by atoms with Crippen LogP contribution in [0.3, 0.4) is 0 Å². The van der Waals surface area contributed by atoms with Crippen molar-refractivity contribution < 1.29 is 34.0 Å². The Hall–Kier alpha value is -1.38. The Morgan fingerprint density at radius 3 is 2.34 bits per heavy atom. The van der Waals surface area contributed by atoms with Gasteiger partial charge in [0.1, 0.15) is 17.4 Å². The molecule has 8 heteroatoms. The summed E-state index contributed by atoms with van der Waals surface area (Å²) in [7, 11) is 1.28. The van der Waals surface area contributed by atoms with Gasteiger partial charge in [-0.05, 0) is 59.8 Å². The largest absolute Gasteiger partial charge is 0.469 e. The van der Waals surface area contributed by atoms with Crippen LogP contribution in [0.25, 0.3) is 0 Å². The van der Waals surface area contributed by atoms with Crippen molar-refractivity contribution in [2.24, 2.45) is 11.8 Å². The third-order valence-electron chi connectivity index (χ3n) is 6.53. The number of methoxy groups -OCH3 is 1. The molecule has 0 unspecified atom stereocenters. The van der Waals surface area contributed by atoms with Gasteiger partial charge in [-0.3, -0.25) is 9.69 Å². The van der Waals surface area contributed by atoms with Crippen molar-refractivity contribution in [1.29, 1.82) is 0 Å². The molecule has 2 rings (SSSR count). The number of hydrogen-bond acceptors (Lipinski definition) is 7. The maximum absolute atomic E-state index is 13.2. The second-order valence-corrected chi connectivity index (χ2v) is 10.7. The van der Waals surface area contributed by atoms with E-state index in [1.54, 1.807) is 18.7 Å². The molecule has 2 aliphatic rings. The molecule has 2 N–H and O–H groups in total. The van der Waals surface area contributed by atoms with Crippen LogP contribution in [0.1, 0.15) is 86.0 Å². The number of nitrogens with zero attached hydrogens (tertiary/aromatic N) is 1. The first kappa shape index (κ1) is 26.9. The van der Waals surface area contributed by atoms with Gasteiger partial charge >= 0.3 is 12.1 Å². The van der Waals surface area contributed by atoms with Crippen molar-refractivity contribution in [1.82, 2.24) is 4.90 Å². The van der Waals surface area contributed by atoms with Crippen molar-refractivity contribution in [2.75, 3.05) is 13.7 Å². The summed E-state index contributed by atoms with van der Waals surface area (Å²) in [5.74, 6) is -0.972. The molecule has 4 atom stereocenters. The number of esters is 1. The first-order valence-electron chi connectivity index (χ1n) is 12.0. The van der Waals surface area contributed by atoms with Gasteiger partial charge in [-0.2, -0.15) is 0 Å². The molecule has 0 aromatic rings. The predicted octanol–water partition coefficient (Wildman–Crippen LogP) is 3.62. The highest BCUT2D eigenvalue weighted by Crippen LogP contribution is 2.41. The molecule has 0 bridgehead atoms. The van der Waals surface area contributed by atoms with E-state index in [4.69, 9.17) is 14.2 Å². The van der Waals surface area contributed by atoms with Gasteiger partial charge in [-0.25, -0.2) is 4.79 Å². The molecule has 1 aliphatic carbocycles. The molecular weight excluding hydrogens is 414 g/mol. The van der Waals surface area contributed by atoms with E-state index >= 15 is 0 Å². The molecule has 32 heavy (non-hydrogen) atoms. The minimum absolute atomic E-state index is 0.0905.